The Bertz CT molecular complexity index is 212. The molecule has 1 aromatic heterocycles. The van der Waals surface area contributed by atoms with E-state index < -0.39 is 0 Å². The lowest BCUT2D eigenvalue weighted by Crippen LogP contribution is -2.02. The third-order valence-electron chi connectivity index (χ3n) is 1.24. The second-order valence-electron chi connectivity index (χ2n) is 2.03. The number of thiophene rings is 1. The molecule has 0 bridgehead atoms. The summed E-state index contributed by atoms with van der Waals surface area (Å²) < 4.78 is 0.853. The van der Waals surface area contributed by atoms with Crippen molar-refractivity contribution in [2.45, 2.75) is 0 Å². The quantitative estimate of drug-likeness (QED) is 0.762. The van der Waals surface area contributed by atoms with Gasteiger partial charge in [-0.25, -0.2) is 0 Å². The van der Waals surface area contributed by atoms with Crippen molar-refractivity contribution < 1.29 is 0 Å². The molecule has 1 nitrogen and oxygen atoms in total. The molecule has 4 heteroatoms. The Morgan fingerprint density at radius 3 is 3.09 bits per heavy atom. The fourth-order valence-electron chi connectivity index (χ4n) is 0.707. The van der Waals surface area contributed by atoms with Crippen LogP contribution in [0.3, 0.4) is 0 Å². The average molecular weight is 208 g/mol. The molecular formula is C7H10ClNS2. The summed E-state index contributed by atoms with van der Waals surface area (Å²) in [5, 5.41) is 5.24. The second kappa shape index (κ2) is 4.91. The number of hydrogen-bond donors (Lipinski definition) is 1. The van der Waals surface area contributed by atoms with Gasteiger partial charge in [0.15, 0.2) is 0 Å². The van der Waals surface area contributed by atoms with Gasteiger partial charge in [0.1, 0.15) is 4.34 Å². The lowest BCUT2D eigenvalue weighted by Gasteiger charge is -2.01. The van der Waals surface area contributed by atoms with E-state index in [0.717, 1.165) is 22.3 Å². The molecule has 0 radical (unpaired) electrons. The zero-order valence-corrected chi connectivity index (χ0v) is 8.65. The molecule has 11 heavy (non-hydrogen) atoms. The van der Waals surface area contributed by atoms with E-state index in [0.29, 0.717) is 0 Å². The number of rotatable bonds is 4. The largest absolute Gasteiger partial charge is 0.382 e. The summed E-state index contributed by atoms with van der Waals surface area (Å²) in [6.07, 6.45) is 2.09. The SMILES string of the molecule is CSCCNc1ccsc1Cl. The predicted octanol–water partition coefficient (Wildman–Crippen LogP) is 3.18. The van der Waals surface area contributed by atoms with Gasteiger partial charge < -0.3 is 5.32 Å². The molecule has 0 fully saturated rings. The van der Waals surface area contributed by atoms with E-state index >= 15 is 0 Å². The van der Waals surface area contributed by atoms with Crippen molar-refractivity contribution in [3.8, 4) is 0 Å². The highest BCUT2D eigenvalue weighted by molar-refractivity contribution is 7.98. The summed E-state index contributed by atoms with van der Waals surface area (Å²) in [6.45, 7) is 0.984. The predicted molar refractivity (Wildman–Crippen MR) is 56.2 cm³/mol. The summed E-state index contributed by atoms with van der Waals surface area (Å²) in [4.78, 5) is 0. The highest BCUT2D eigenvalue weighted by atomic mass is 35.5. The minimum Gasteiger partial charge on any atom is -0.382 e. The van der Waals surface area contributed by atoms with Gasteiger partial charge in [0.2, 0.25) is 0 Å². The Balaban J connectivity index is 2.32. The van der Waals surface area contributed by atoms with E-state index in [4.69, 9.17) is 11.6 Å². The van der Waals surface area contributed by atoms with Gasteiger partial charge in [-0.2, -0.15) is 11.8 Å². The molecule has 0 amide bonds. The average Bonchev–Trinajstić information content (AvgIpc) is 2.37. The molecule has 0 atom stereocenters. The van der Waals surface area contributed by atoms with Crippen LogP contribution in [0.2, 0.25) is 4.34 Å². The first kappa shape index (κ1) is 9.23. The first-order chi connectivity index (χ1) is 5.34. The van der Waals surface area contributed by atoms with Crippen LogP contribution < -0.4 is 5.32 Å². The smallest absolute Gasteiger partial charge is 0.116 e. The Morgan fingerprint density at radius 1 is 1.73 bits per heavy atom. The fourth-order valence-corrected chi connectivity index (χ4v) is 1.89. The molecule has 0 aromatic carbocycles. The van der Waals surface area contributed by atoms with Crippen molar-refractivity contribution in [1.29, 1.82) is 0 Å². The molecule has 0 aliphatic rings. The second-order valence-corrected chi connectivity index (χ2v) is 4.53. The van der Waals surface area contributed by atoms with E-state index in [9.17, 15) is 0 Å². The molecule has 1 heterocycles. The molecular weight excluding hydrogens is 198 g/mol. The van der Waals surface area contributed by atoms with Gasteiger partial charge in [0, 0.05) is 12.3 Å². The molecule has 1 rings (SSSR count). The summed E-state index contributed by atoms with van der Waals surface area (Å²) in [5.74, 6) is 1.12. The molecule has 62 valence electrons. The molecule has 0 aliphatic carbocycles. The van der Waals surface area contributed by atoms with Crippen LogP contribution in [-0.4, -0.2) is 18.6 Å². The van der Waals surface area contributed by atoms with Crippen LogP contribution in [0.4, 0.5) is 5.69 Å². The minimum absolute atomic E-state index is 0.853. The van der Waals surface area contributed by atoms with Gasteiger partial charge >= 0.3 is 0 Å². The number of halogens is 1. The highest BCUT2D eigenvalue weighted by Crippen LogP contribution is 2.27. The van der Waals surface area contributed by atoms with Crippen molar-refractivity contribution in [2.24, 2.45) is 0 Å². The molecule has 0 saturated heterocycles. The van der Waals surface area contributed by atoms with Crippen LogP contribution >= 0.6 is 34.7 Å². The topological polar surface area (TPSA) is 12.0 Å². The molecule has 0 saturated carbocycles. The summed E-state index contributed by atoms with van der Waals surface area (Å²) in [7, 11) is 0. The van der Waals surface area contributed by atoms with Crippen molar-refractivity contribution in [3.05, 3.63) is 15.8 Å². The van der Waals surface area contributed by atoms with Gasteiger partial charge in [-0.3, -0.25) is 0 Å². The first-order valence-electron chi connectivity index (χ1n) is 3.30. The summed E-state index contributed by atoms with van der Waals surface area (Å²) >= 11 is 9.25. The third-order valence-corrected chi connectivity index (χ3v) is 3.02. The third kappa shape index (κ3) is 2.93. The van der Waals surface area contributed by atoms with Crippen LogP contribution in [0, 0.1) is 0 Å². The fraction of sp³-hybridized carbons (Fsp3) is 0.429. The highest BCUT2D eigenvalue weighted by Gasteiger charge is 1.98. The Kier molecular flexibility index (Phi) is 4.12. The van der Waals surface area contributed by atoms with Crippen LogP contribution in [0.15, 0.2) is 11.4 Å². The number of anilines is 1. The van der Waals surface area contributed by atoms with Crippen molar-refractivity contribution in [2.75, 3.05) is 23.9 Å². The molecule has 1 aromatic rings. The molecule has 0 aliphatic heterocycles. The number of thioether (sulfide) groups is 1. The van der Waals surface area contributed by atoms with Gasteiger partial charge in [-0.1, -0.05) is 11.6 Å². The lowest BCUT2D eigenvalue weighted by molar-refractivity contribution is 1.24. The zero-order chi connectivity index (χ0) is 8.10. The first-order valence-corrected chi connectivity index (χ1v) is 5.95. The number of hydrogen-bond acceptors (Lipinski definition) is 3. The summed E-state index contributed by atoms with van der Waals surface area (Å²) in [6, 6.07) is 2.01. The summed E-state index contributed by atoms with van der Waals surface area (Å²) in [5.41, 5.74) is 1.06. The van der Waals surface area contributed by atoms with Crippen LogP contribution in [0.1, 0.15) is 0 Å². The number of nitrogens with one attached hydrogen (secondary N) is 1. The van der Waals surface area contributed by atoms with E-state index in [1.165, 1.54) is 0 Å². The maximum atomic E-state index is 5.87. The van der Waals surface area contributed by atoms with Gasteiger partial charge in [-0.05, 0) is 17.7 Å². The van der Waals surface area contributed by atoms with Crippen LogP contribution in [0.5, 0.6) is 0 Å². The Labute approximate surface area is 80.1 Å². The van der Waals surface area contributed by atoms with E-state index in [-0.39, 0.29) is 0 Å². The maximum Gasteiger partial charge on any atom is 0.116 e. The van der Waals surface area contributed by atoms with Crippen molar-refractivity contribution >= 4 is 40.4 Å². The lowest BCUT2D eigenvalue weighted by atomic mass is 10.5. The van der Waals surface area contributed by atoms with Crippen LogP contribution in [-0.2, 0) is 0 Å². The standard InChI is InChI=1S/C7H10ClNS2/c1-10-5-3-9-6-2-4-11-7(6)8/h2,4,9H,3,5H2,1H3. The van der Waals surface area contributed by atoms with Gasteiger partial charge in [-0.15, -0.1) is 11.3 Å². The Hall–Kier alpha value is 0.140. The van der Waals surface area contributed by atoms with E-state index in [2.05, 4.69) is 11.6 Å². The van der Waals surface area contributed by atoms with Crippen LogP contribution in [0.25, 0.3) is 0 Å². The molecule has 0 unspecified atom stereocenters. The van der Waals surface area contributed by atoms with Crippen molar-refractivity contribution in [3.63, 3.8) is 0 Å². The normalized spacial score (nSPS) is 10.0. The van der Waals surface area contributed by atoms with Gasteiger partial charge in [0.25, 0.3) is 0 Å². The van der Waals surface area contributed by atoms with Crippen molar-refractivity contribution in [1.82, 2.24) is 0 Å². The monoisotopic (exact) mass is 207 g/mol. The Morgan fingerprint density at radius 2 is 2.55 bits per heavy atom. The zero-order valence-electron chi connectivity index (χ0n) is 6.26. The minimum atomic E-state index is 0.853. The molecule has 1 N–H and O–H groups in total. The molecule has 0 spiro atoms. The van der Waals surface area contributed by atoms with E-state index in [1.54, 1.807) is 11.3 Å². The van der Waals surface area contributed by atoms with E-state index in [1.807, 2.05) is 23.2 Å². The van der Waals surface area contributed by atoms with Gasteiger partial charge in [0.05, 0.1) is 5.69 Å². The maximum absolute atomic E-state index is 5.87.